The van der Waals surface area contributed by atoms with E-state index in [0.29, 0.717) is 5.82 Å². The molecule has 0 fully saturated rings. The van der Waals surface area contributed by atoms with Crippen molar-refractivity contribution in [1.82, 2.24) is 9.97 Å². The summed E-state index contributed by atoms with van der Waals surface area (Å²) < 4.78 is 0. The van der Waals surface area contributed by atoms with Gasteiger partial charge in [-0.1, -0.05) is 6.92 Å². The van der Waals surface area contributed by atoms with E-state index in [1.54, 1.807) is 6.20 Å². The van der Waals surface area contributed by atoms with E-state index < -0.39 is 0 Å². The van der Waals surface area contributed by atoms with Gasteiger partial charge in [-0.3, -0.25) is 4.98 Å². The van der Waals surface area contributed by atoms with Gasteiger partial charge in [0.05, 0.1) is 11.4 Å². The van der Waals surface area contributed by atoms with E-state index in [-0.39, 0.29) is 0 Å². The van der Waals surface area contributed by atoms with Crippen molar-refractivity contribution in [1.29, 1.82) is 0 Å². The molecule has 54 valence electrons. The number of nitrogens with zero attached hydrogens (tertiary/aromatic N) is 2. The van der Waals surface area contributed by atoms with Crippen LogP contribution >= 0.6 is 0 Å². The Labute approximate surface area is 60.3 Å². The molecule has 0 aliphatic heterocycles. The third kappa shape index (κ3) is 1.23. The second-order valence-electron chi connectivity index (χ2n) is 2.20. The largest absolute Gasteiger partial charge is 0.382 e. The van der Waals surface area contributed by atoms with Crippen molar-refractivity contribution in [2.75, 3.05) is 5.73 Å². The third-order valence-corrected chi connectivity index (χ3v) is 1.33. The molecular weight excluding hydrogens is 126 g/mol. The van der Waals surface area contributed by atoms with Gasteiger partial charge in [0.2, 0.25) is 0 Å². The van der Waals surface area contributed by atoms with Gasteiger partial charge < -0.3 is 5.73 Å². The second-order valence-corrected chi connectivity index (χ2v) is 2.20. The summed E-state index contributed by atoms with van der Waals surface area (Å²) in [4.78, 5) is 8.17. The van der Waals surface area contributed by atoms with Crippen LogP contribution < -0.4 is 5.73 Å². The maximum atomic E-state index is 5.56. The summed E-state index contributed by atoms with van der Waals surface area (Å²) in [5.74, 6) is 0.558. The van der Waals surface area contributed by atoms with E-state index >= 15 is 0 Å². The van der Waals surface area contributed by atoms with E-state index in [0.717, 1.165) is 17.8 Å². The SMILES string of the molecule is CCc1ncc(C)nc1N. The van der Waals surface area contributed by atoms with Crippen LogP contribution in [-0.4, -0.2) is 9.97 Å². The Balaban J connectivity index is 3.07. The van der Waals surface area contributed by atoms with Gasteiger partial charge in [0.15, 0.2) is 0 Å². The fourth-order valence-electron chi connectivity index (χ4n) is 0.793. The van der Waals surface area contributed by atoms with Crippen molar-refractivity contribution in [3.63, 3.8) is 0 Å². The van der Waals surface area contributed by atoms with Gasteiger partial charge >= 0.3 is 0 Å². The maximum absolute atomic E-state index is 5.56. The first-order valence-corrected chi connectivity index (χ1v) is 3.32. The first-order chi connectivity index (χ1) is 4.74. The minimum absolute atomic E-state index is 0.558. The van der Waals surface area contributed by atoms with Crippen molar-refractivity contribution < 1.29 is 0 Å². The minimum Gasteiger partial charge on any atom is -0.382 e. The zero-order chi connectivity index (χ0) is 7.56. The molecule has 0 bridgehead atoms. The first-order valence-electron chi connectivity index (χ1n) is 3.32. The van der Waals surface area contributed by atoms with Crippen molar-refractivity contribution in [2.45, 2.75) is 20.3 Å². The first kappa shape index (κ1) is 6.99. The fraction of sp³-hybridized carbons (Fsp3) is 0.429. The van der Waals surface area contributed by atoms with Gasteiger partial charge in [-0.05, 0) is 13.3 Å². The number of anilines is 1. The Morgan fingerprint density at radius 3 is 2.80 bits per heavy atom. The van der Waals surface area contributed by atoms with E-state index in [1.807, 2.05) is 13.8 Å². The van der Waals surface area contributed by atoms with E-state index in [4.69, 9.17) is 5.73 Å². The maximum Gasteiger partial charge on any atom is 0.145 e. The predicted molar refractivity (Wildman–Crippen MR) is 40.6 cm³/mol. The molecule has 1 aromatic rings. The molecule has 0 spiro atoms. The molecule has 0 atom stereocenters. The summed E-state index contributed by atoms with van der Waals surface area (Å²) in [5.41, 5.74) is 7.31. The van der Waals surface area contributed by atoms with Crippen molar-refractivity contribution in [3.8, 4) is 0 Å². The highest BCUT2D eigenvalue weighted by molar-refractivity contribution is 5.34. The Kier molecular flexibility index (Phi) is 1.85. The van der Waals surface area contributed by atoms with Crippen LogP contribution in [-0.2, 0) is 6.42 Å². The second kappa shape index (κ2) is 2.64. The number of aryl methyl sites for hydroxylation is 2. The molecule has 1 heterocycles. The van der Waals surface area contributed by atoms with Gasteiger partial charge in [0.25, 0.3) is 0 Å². The molecule has 0 saturated heterocycles. The van der Waals surface area contributed by atoms with Crippen LogP contribution in [0.15, 0.2) is 6.20 Å². The molecule has 0 aliphatic carbocycles. The Morgan fingerprint density at radius 2 is 2.30 bits per heavy atom. The van der Waals surface area contributed by atoms with Crippen LogP contribution in [0, 0.1) is 6.92 Å². The molecule has 10 heavy (non-hydrogen) atoms. The van der Waals surface area contributed by atoms with Gasteiger partial charge in [-0.25, -0.2) is 4.98 Å². The molecule has 1 aromatic heterocycles. The quantitative estimate of drug-likeness (QED) is 0.626. The summed E-state index contributed by atoms with van der Waals surface area (Å²) in [7, 11) is 0. The van der Waals surface area contributed by atoms with Crippen LogP contribution in [0.3, 0.4) is 0 Å². The highest BCUT2D eigenvalue weighted by Gasteiger charge is 1.97. The normalized spacial score (nSPS) is 9.80. The lowest BCUT2D eigenvalue weighted by molar-refractivity contribution is 0.987. The van der Waals surface area contributed by atoms with E-state index in [9.17, 15) is 0 Å². The molecule has 3 heteroatoms. The van der Waals surface area contributed by atoms with Gasteiger partial charge in [0.1, 0.15) is 5.82 Å². The molecule has 2 N–H and O–H groups in total. The summed E-state index contributed by atoms with van der Waals surface area (Å²) in [6, 6.07) is 0. The predicted octanol–water partition coefficient (Wildman–Crippen LogP) is 0.930. The highest BCUT2D eigenvalue weighted by Crippen LogP contribution is 2.04. The van der Waals surface area contributed by atoms with Crippen LogP contribution in [0.25, 0.3) is 0 Å². The Hall–Kier alpha value is -1.12. The standard InChI is InChI=1S/C7H11N3/c1-3-6-7(8)10-5(2)4-9-6/h4H,3H2,1-2H3,(H2,8,10). The van der Waals surface area contributed by atoms with Gasteiger partial charge in [-0.15, -0.1) is 0 Å². The number of nitrogens with two attached hydrogens (primary N) is 1. The highest BCUT2D eigenvalue weighted by atomic mass is 14.9. The molecule has 3 nitrogen and oxygen atoms in total. The van der Waals surface area contributed by atoms with Crippen LogP contribution in [0.2, 0.25) is 0 Å². The summed E-state index contributed by atoms with van der Waals surface area (Å²) >= 11 is 0. The van der Waals surface area contributed by atoms with E-state index in [1.165, 1.54) is 0 Å². The van der Waals surface area contributed by atoms with Crippen molar-refractivity contribution in [3.05, 3.63) is 17.6 Å². The smallest absolute Gasteiger partial charge is 0.145 e. The number of nitrogen functional groups attached to an aromatic ring is 1. The molecule has 0 radical (unpaired) electrons. The van der Waals surface area contributed by atoms with Gasteiger partial charge in [0, 0.05) is 6.20 Å². The number of aromatic nitrogens is 2. The molecule has 0 saturated carbocycles. The number of hydrogen-bond donors (Lipinski definition) is 1. The zero-order valence-corrected chi connectivity index (χ0v) is 6.26. The number of hydrogen-bond acceptors (Lipinski definition) is 3. The molecule has 0 amide bonds. The van der Waals surface area contributed by atoms with Crippen LogP contribution in [0.1, 0.15) is 18.3 Å². The average Bonchev–Trinajstić information content (AvgIpc) is 1.88. The van der Waals surface area contributed by atoms with E-state index in [2.05, 4.69) is 9.97 Å². The number of rotatable bonds is 1. The fourth-order valence-corrected chi connectivity index (χ4v) is 0.793. The topological polar surface area (TPSA) is 51.8 Å². The summed E-state index contributed by atoms with van der Waals surface area (Å²) in [6.07, 6.45) is 2.58. The minimum atomic E-state index is 0.558. The molecule has 1 rings (SSSR count). The molecular formula is C7H11N3. The van der Waals surface area contributed by atoms with Crippen LogP contribution in [0.4, 0.5) is 5.82 Å². The summed E-state index contributed by atoms with van der Waals surface area (Å²) in [6.45, 7) is 3.89. The zero-order valence-electron chi connectivity index (χ0n) is 6.26. The Bertz CT molecular complexity index is 232. The molecule has 0 aromatic carbocycles. The van der Waals surface area contributed by atoms with Gasteiger partial charge in [-0.2, -0.15) is 0 Å². The lowest BCUT2D eigenvalue weighted by atomic mass is 10.3. The third-order valence-electron chi connectivity index (χ3n) is 1.33. The van der Waals surface area contributed by atoms with Crippen molar-refractivity contribution in [2.24, 2.45) is 0 Å². The lowest BCUT2D eigenvalue weighted by Crippen LogP contribution is -2.00. The summed E-state index contributed by atoms with van der Waals surface area (Å²) in [5, 5.41) is 0. The monoisotopic (exact) mass is 137 g/mol. The van der Waals surface area contributed by atoms with Crippen LogP contribution in [0.5, 0.6) is 0 Å². The van der Waals surface area contributed by atoms with Crippen molar-refractivity contribution >= 4 is 5.82 Å². The molecule has 0 aliphatic rings. The lowest BCUT2D eigenvalue weighted by Gasteiger charge is -1.99. The molecule has 0 unspecified atom stereocenters. The Morgan fingerprint density at radius 1 is 1.60 bits per heavy atom. The average molecular weight is 137 g/mol.